The summed E-state index contributed by atoms with van der Waals surface area (Å²) in [5.74, 6) is 0.0586. The molecule has 0 spiro atoms. The highest BCUT2D eigenvalue weighted by Gasteiger charge is 2.05. The molecule has 2 N–H and O–H groups in total. The summed E-state index contributed by atoms with van der Waals surface area (Å²) in [5.41, 5.74) is 2.84. The number of amides is 1. The molecule has 0 radical (unpaired) electrons. The van der Waals surface area contributed by atoms with Crippen molar-refractivity contribution in [1.82, 2.24) is 4.98 Å². The predicted octanol–water partition coefficient (Wildman–Crippen LogP) is 3.98. The maximum absolute atomic E-state index is 11.5. The van der Waals surface area contributed by atoms with E-state index in [0.29, 0.717) is 6.42 Å². The molecule has 1 amide bonds. The second-order valence-corrected chi connectivity index (χ2v) is 5.30. The van der Waals surface area contributed by atoms with E-state index in [0.717, 1.165) is 35.0 Å². The van der Waals surface area contributed by atoms with E-state index in [1.165, 1.54) is 0 Å². The maximum atomic E-state index is 11.5. The number of anilines is 2. The number of carbonyl (C=O) groups excluding carboxylic acids is 1. The molecule has 0 atom stereocenters. The lowest BCUT2D eigenvalue weighted by atomic mass is 10.1. The van der Waals surface area contributed by atoms with Crippen molar-refractivity contribution in [2.75, 3.05) is 17.2 Å². The minimum atomic E-state index is 0.0586. The molecular weight excluding hydrogens is 270 g/mol. The summed E-state index contributed by atoms with van der Waals surface area (Å²) in [6, 6.07) is 7.78. The first-order valence-corrected chi connectivity index (χ1v) is 7.70. The van der Waals surface area contributed by atoms with Crippen molar-refractivity contribution in [1.29, 1.82) is 0 Å². The van der Waals surface area contributed by atoms with E-state index in [-0.39, 0.29) is 5.91 Å². The second-order valence-electron chi connectivity index (χ2n) is 4.44. The summed E-state index contributed by atoms with van der Waals surface area (Å²) in [4.78, 5) is 16.0. The van der Waals surface area contributed by atoms with Crippen LogP contribution in [0.5, 0.6) is 0 Å². The molecule has 4 nitrogen and oxygen atoms in total. The molecular formula is C15H19N3OS. The highest BCUT2D eigenvalue weighted by Crippen LogP contribution is 2.25. The van der Waals surface area contributed by atoms with Gasteiger partial charge in [0.25, 0.3) is 0 Å². The quantitative estimate of drug-likeness (QED) is 0.845. The topological polar surface area (TPSA) is 54.0 Å². The van der Waals surface area contributed by atoms with E-state index in [1.54, 1.807) is 11.3 Å². The number of hydrogen-bond donors (Lipinski definition) is 2. The number of carbonyl (C=O) groups is 1. The molecule has 20 heavy (non-hydrogen) atoms. The summed E-state index contributed by atoms with van der Waals surface area (Å²) >= 11 is 1.60. The van der Waals surface area contributed by atoms with E-state index in [4.69, 9.17) is 0 Å². The third-order valence-corrected chi connectivity index (χ3v) is 3.57. The third kappa shape index (κ3) is 3.81. The van der Waals surface area contributed by atoms with Gasteiger partial charge in [-0.15, -0.1) is 11.3 Å². The zero-order valence-corrected chi connectivity index (χ0v) is 12.6. The molecule has 0 bridgehead atoms. The van der Waals surface area contributed by atoms with Gasteiger partial charge in [0.05, 0.1) is 5.69 Å². The van der Waals surface area contributed by atoms with Gasteiger partial charge in [-0.25, -0.2) is 4.98 Å². The Kier molecular flexibility index (Phi) is 5.12. The van der Waals surface area contributed by atoms with Gasteiger partial charge in [-0.3, -0.25) is 4.79 Å². The number of thiazole rings is 1. The molecule has 2 aromatic rings. The van der Waals surface area contributed by atoms with Crippen LogP contribution in [0.1, 0.15) is 26.7 Å². The van der Waals surface area contributed by atoms with E-state index in [9.17, 15) is 4.79 Å². The van der Waals surface area contributed by atoms with Gasteiger partial charge in [0.2, 0.25) is 5.91 Å². The summed E-state index contributed by atoms with van der Waals surface area (Å²) in [6.07, 6.45) is 1.41. The number of nitrogens with zero attached hydrogens (tertiary/aromatic N) is 1. The van der Waals surface area contributed by atoms with Gasteiger partial charge in [0, 0.05) is 29.6 Å². The summed E-state index contributed by atoms with van der Waals surface area (Å²) in [5, 5.41) is 9.04. The van der Waals surface area contributed by atoms with E-state index < -0.39 is 0 Å². The largest absolute Gasteiger partial charge is 0.362 e. The maximum Gasteiger partial charge on any atom is 0.224 e. The van der Waals surface area contributed by atoms with Crippen LogP contribution in [0.25, 0.3) is 11.3 Å². The lowest BCUT2D eigenvalue weighted by Crippen LogP contribution is -2.10. The molecule has 0 saturated heterocycles. The molecule has 1 heterocycles. The molecule has 0 aliphatic rings. The first-order chi connectivity index (χ1) is 9.72. The molecule has 0 aliphatic carbocycles. The second kappa shape index (κ2) is 7.05. The fourth-order valence-electron chi connectivity index (χ4n) is 1.81. The lowest BCUT2D eigenvalue weighted by Gasteiger charge is -2.05. The summed E-state index contributed by atoms with van der Waals surface area (Å²) in [7, 11) is 0. The average Bonchev–Trinajstić information content (AvgIpc) is 2.89. The SMILES string of the molecule is CCCC(=O)Nc1ccc(-c2csc(NCC)n2)cc1. The van der Waals surface area contributed by atoms with Crippen LogP contribution in [0.3, 0.4) is 0 Å². The molecule has 0 saturated carbocycles. The minimum absolute atomic E-state index is 0.0586. The van der Waals surface area contributed by atoms with Crippen molar-refractivity contribution in [3.63, 3.8) is 0 Å². The van der Waals surface area contributed by atoms with Crippen LogP contribution in [-0.4, -0.2) is 17.4 Å². The number of rotatable bonds is 6. The Labute approximate surface area is 123 Å². The van der Waals surface area contributed by atoms with Crippen molar-refractivity contribution in [3.8, 4) is 11.3 Å². The minimum Gasteiger partial charge on any atom is -0.362 e. The van der Waals surface area contributed by atoms with Crippen molar-refractivity contribution in [2.24, 2.45) is 0 Å². The first-order valence-electron chi connectivity index (χ1n) is 6.82. The molecule has 5 heteroatoms. The Bertz CT molecular complexity index is 563. The van der Waals surface area contributed by atoms with Crippen molar-refractivity contribution in [3.05, 3.63) is 29.6 Å². The summed E-state index contributed by atoms with van der Waals surface area (Å²) in [6.45, 7) is 4.91. The summed E-state index contributed by atoms with van der Waals surface area (Å²) < 4.78 is 0. The highest BCUT2D eigenvalue weighted by atomic mass is 32.1. The molecule has 1 aromatic carbocycles. The van der Waals surface area contributed by atoms with Crippen LogP contribution in [0, 0.1) is 0 Å². The molecule has 0 fully saturated rings. The van der Waals surface area contributed by atoms with Gasteiger partial charge in [-0.2, -0.15) is 0 Å². The molecule has 1 aromatic heterocycles. The number of benzene rings is 1. The number of aromatic nitrogens is 1. The van der Waals surface area contributed by atoms with Gasteiger partial charge in [-0.1, -0.05) is 19.1 Å². The van der Waals surface area contributed by atoms with Crippen LogP contribution < -0.4 is 10.6 Å². The van der Waals surface area contributed by atoms with E-state index >= 15 is 0 Å². The normalized spacial score (nSPS) is 10.3. The molecule has 0 unspecified atom stereocenters. The lowest BCUT2D eigenvalue weighted by molar-refractivity contribution is -0.116. The Balaban J connectivity index is 2.05. The van der Waals surface area contributed by atoms with Crippen LogP contribution in [-0.2, 0) is 4.79 Å². The van der Waals surface area contributed by atoms with Crippen LogP contribution in [0.2, 0.25) is 0 Å². The van der Waals surface area contributed by atoms with Gasteiger partial charge in [0.1, 0.15) is 0 Å². The fourth-order valence-corrected chi connectivity index (χ4v) is 2.60. The van der Waals surface area contributed by atoms with E-state index in [1.807, 2.05) is 36.6 Å². The smallest absolute Gasteiger partial charge is 0.224 e. The number of hydrogen-bond acceptors (Lipinski definition) is 4. The standard InChI is InChI=1S/C15H19N3OS/c1-3-5-14(19)17-12-8-6-11(7-9-12)13-10-20-15(18-13)16-4-2/h6-10H,3-5H2,1-2H3,(H,16,18)(H,17,19). The van der Waals surface area contributed by atoms with Gasteiger partial charge in [0.15, 0.2) is 5.13 Å². The van der Waals surface area contributed by atoms with Gasteiger partial charge >= 0.3 is 0 Å². The number of nitrogens with one attached hydrogen (secondary N) is 2. The third-order valence-electron chi connectivity index (χ3n) is 2.77. The van der Waals surface area contributed by atoms with Crippen LogP contribution >= 0.6 is 11.3 Å². The van der Waals surface area contributed by atoms with Gasteiger partial charge < -0.3 is 10.6 Å². The van der Waals surface area contributed by atoms with Gasteiger partial charge in [-0.05, 0) is 25.5 Å². The van der Waals surface area contributed by atoms with Crippen molar-refractivity contribution >= 4 is 28.1 Å². The van der Waals surface area contributed by atoms with Crippen molar-refractivity contribution in [2.45, 2.75) is 26.7 Å². The first kappa shape index (κ1) is 14.5. The Morgan fingerprint density at radius 1 is 1.25 bits per heavy atom. The van der Waals surface area contributed by atoms with E-state index in [2.05, 4.69) is 22.5 Å². The Morgan fingerprint density at radius 3 is 2.65 bits per heavy atom. The monoisotopic (exact) mass is 289 g/mol. The molecule has 2 rings (SSSR count). The zero-order chi connectivity index (χ0) is 14.4. The predicted molar refractivity (Wildman–Crippen MR) is 85.3 cm³/mol. The van der Waals surface area contributed by atoms with Crippen LogP contribution in [0.15, 0.2) is 29.6 Å². The zero-order valence-electron chi connectivity index (χ0n) is 11.8. The van der Waals surface area contributed by atoms with Crippen molar-refractivity contribution < 1.29 is 4.79 Å². The molecule has 106 valence electrons. The average molecular weight is 289 g/mol. The Hall–Kier alpha value is -1.88. The highest BCUT2D eigenvalue weighted by molar-refractivity contribution is 7.14. The Morgan fingerprint density at radius 2 is 2.00 bits per heavy atom. The molecule has 0 aliphatic heterocycles. The van der Waals surface area contributed by atoms with Crippen LogP contribution in [0.4, 0.5) is 10.8 Å². The fraction of sp³-hybridized carbons (Fsp3) is 0.333.